The minimum Gasteiger partial charge on any atom is -0.361 e. The van der Waals surface area contributed by atoms with E-state index in [2.05, 4.69) is 53.1 Å². The van der Waals surface area contributed by atoms with Crippen LogP contribution in [0, 0.1) is 12.8 Å². The number of piperidine rings is 1. The first-order chi connectivity index (χ1) is 15.6. The molecule has 1 amide bonds. The molecule has 2 aromatic rings. The molecule has 1 aromatic carbocycles. The van der Waals surface area contributed by atoms with Gasteiger partial charge in [-0.2, -0.15) is 0 Å². The Labute approximate surface area is 193 Å². The van der Waals surface area contributed by atoms with Crippen LogP contribution in [0.1, 0.15) is 79.2 Å². The summed E-state index contributed by atoms with van der Waals surface area (Å²) in [4.78, 5) is 18.1. The van der Waals surface area contributed by atoms with Gasteiger partial charge in [-0.25, -0.2) is 0 Å². The fourth-order valence-corrected chi connectivity index (χ4v) is 5.38. The second kappa shape index (κ2) is 11.1. The highest BCUT2D eigenvalue weighted by Gasteiger charge is 2.32. The minimum absolute atomic E-state index is 0.0741. The van der Waals surface area contributed by atoms with Gasteiger partial charge in [-0.3, -0.25) is 4.79 Å². The third-order valence-electron chi connectivity index (χ3n) is 7.42. The van der Waals surface area contributed by atoms with Gasteiger partial charge in [-0.15, -0.1) is 0 Å². The molecule has 1 aliphatic carbocycles. The van der Waals surface area contributed by atoms with E-state index in [1.165, 1.54) is 36.8 Å². The minimum atomic E-state index is 0.0741. The number of aromatic nitrogens is 1. The molecule has 1 saturated heterocycles. The fraction of sp³-hybridized carbons (Fsp3) is 0.630. The highest BCUT2D eigenvalue weighted by atomic mass is 16.5. The van der Waals surface area contributed by atoms with Gasteiger partial charge in [0.15, 0.2) is 5.69 Å². The lowest BCUT2D eigenvalue weighted by molar-refractivity contribution is 0.0588. The fourth-order valence-electron chi connectivity index (χ4n) is 5.38. The third kappa shape index (κ3) is 5.80. The van der Waals surface area contributed by atoms with Crippen LogP contribution in [-0.2, 0) is 12.8 Å². The van der Waals surface area contributed by atoms with Gasteiger partial charge in [0, 0.05) is 31.6 Å². The van der Waals surface area contributed by atoms with Crippen LogP contribution < -0.4 is 0 Å². The highest BCUT2D eigenvalue weighted by Crippen LogP contribution is 2.28. The molecule has 5 nitrogen and oxygen atoms in total. The Morgan fingerprint density at radius 1 is 1.12 bits per heavy atom. The van der Waals surface area contributed by atoms with E-state index in [-0.39, 0.29) is 5.91 Å². The molecule has 2 fully saturated rings. The van der Waals surface area contributed by atoms with Gasteiger partial charge in [-0.05, 0) is 75.6 Å². The number of hydrogen-bond acceptors (Lipinski definition) is 4. The Morgan fingerprint density at radius 3 is 2.59 bits per heavy atom. The van der Waals surface area contributed by atoms with Crippen molar-refractivity contribution in [3.05, 3.63) is 52.9 Å². The molecule has 5 heteroatoms. The maximum Gasteiger partial charge on any atom is 0.276 e. The van der Waals surface area contributed by atoms with Gasteiger partial charge in [0.2, 0.25) is 0 Å². The Balaban J connectivity index is 1.32. The lowest BCUT2D eigenvalue weighted by Gasteiger charge is -2.37. The topological polar surface area (TPSA) is 49.6 Å². The summed E-state index contributed by atoms with van der Waals surface area (Å²) in [5, 5.41) is 4.12. The van der Waals surface area contributed by atoms with Crippen molar-refractivity contribution in [3.63, 3.8) is 0 Å². The molecule has 174 valence electrons. The first kappa shape index (κ1) is 23.0. The standard InChI is InChI=1S/C27H39N3O2/c1-3-8-25-19-26(28-32-25)27(31)30(24-11-6-7-12-24)20-22-13-16-29(17-14-22)18-15-23-10-5-4-9-21(23)2/h4-5,9-10,19,22,24H,3,6-8,11-18,20H2,1-2H3. The molecule has 2 aliphatic rings. The number of likely N-dealkylation sites (tertiary alicyclic amines) is 1. The second-order valence-corrected chi connectivity index (χ2v) is 9.79. The number of carbonyl (C=O) groups excluding carboxylic acids is 1. The summed E-state index contributed by atoms with van der Waals surface area (Å²) in [7, 11) is 0. The number of nitrogens with zero attached hydrogens (tertiary/aromatic N) is 3. The van der Waals surface area contributed by atoms with E-state index in [0.29, 0.717) is 17.7 Å². The van der Waals surface area contributed by atoms with E-state index >= 15 is 0 Å². The molecule has 0 radical (unpaired) electrons. The molecule has 0 spiro atoms. The molecule has 0 atom stereocenters. The summed E-state index contributed by atoms with van der Waals surface area (Å²) in [6.45, 7) is 8.58. The predicted octanol–water partition coefficient (Wildman–Crippen LogP) is 5.28. The summed E-state index contributed by atoms with van der Waals surface area (Å²) in [6, 6.07) is 10.9. The first-order valence-corrected chi connectivity index (χ1v) is 12.7. The molecule has 1 saturated carbocycles. The molecule has 4 rings (SSSR count). The van der Waals surface area contributed by atoms with E-state index in [0.717, 1.165) is 64.0 Å². The normalized spacial score (nSPS) is 18.3. The Hall–Kier alpha value is -2.14. The van der Waals surface area contributed by atoms with Crippen molar-refractivity contribution in [2.45, 2.75) is 77.7 Å². The number of aryl methyl sites for hydroxylation is 2. The van der Waals surface area contributed by atoms with E-state index in [4.69, 9.17) is 4.52 Å². The Morgan fingerprint density at radius 2 is 1.88 bits per heavy atom. The zero-order chi connectivity index (χ0) is 22.3. The van der Waals surface area contributed by atoms with Crippen LogP contribution in [0.5, 0.6) is 0 Å². The number of benzene rings is 1. The molecule has 0 unspecified atom stereocenters. The molecule has 1 aliphatic heterocycles. The van der Waals surface area contributed by atoms with Crippen molar-refractivity contribution in [1.82, 2.24) is 15.0 Å². The molecular weight excluding hydrogens is 398 g/mol. The van der Waals surface area contributed by atoms with Crippen LogP contribution in [0.2, 0.25) is 0 Å². The van der Waals surface area contributed by atoms with Gasteiger partial charge in [0.05, 0.1) is 0 Å². The van der Waals surface area contributed by atoms with Crippen LogP contribution >= 0.6 is 0 Å². The summed E-state index contributed by atoms with van der Waals surface area (Å²) in [6.07, 6.45) is 10.0. The van der Waals surface area contributed by atoms with Crippen molar-refractivity contribution in [1.29, 1.82) is 0 Å². The summed E-state index contributed by atoms with van der Waals surface area (Å²) in [5.74, 6) is 1.48. The van der Waals surface area contributed by atoms with E-state index in [9.17, 15) is 4.79 Å². The number of carbonyl (C=O) groups is 1. The van der Waals surface area contributed by atoms with Crippen molar-refractivity contribution < 1.29 is 9.32 Å². The predicted molar refractivity (Wildman–Crippen MR) is 128 cm³/mol. The van der Waals surface area contributed by atoms with E-state index < -0.39 is 0 Å². The summed E-state index contributed by atoms with van der Waals surface area (Å²) in [5.41, 5.74) is 3.35. The van der Waals surface area contributed by atoms with E-state index in [1.807, 2.05) is 6.07 Å². The van der Waals surface area contributed by atoms with Gasteiger partial charge < -0.3 is 14.3 Å². The maximum absolute atomic E-state index is 13.4. The summed E-state index contributed by atoms with van der Waals surface area (Å²) < 4.78 is 5.41. The number of rotatable bonds is 9. The molecule has 1 aromatic heterocycles. The first-order valence-electron chi connectivity index (χ1n) is 12.7. The van der Waals surface area contributed by atoms with Crippen LogP contribution in [0.3, 0.4) is 0 Å². The van der Waals surface area contributed by atoms with Crippen LogP contribution in [0.15, 0.2) is 34.9 Å². The van der Waals surface area contributed by atoms with Gasteiger partial charge >= 0.3 is 0 Å². The number of hydrogen-bond donors (Lipinski definition) is 0. The molecule has 2 heterocycles. The van der Waals surface area contributed by atoms with Crippen LogP contribution in [0.25, 0.3) is 0 Å². The van der Waals surface area contributed by atoms with E-state index in [1.54, 1.807) is 0 Å². The second-order valence-electron chi connectivity index (χ2n) is 9.79. The van der Waals surface area contributed by atoms with Crippen LogP contribution in [-0.4, -0.2) is 53.1 Å². The molecular formula is C27H39N3O2. The molecule has 0 bridgehead atoms. The zero-order valence-corrected chi connectivity index (χ0v) is 19.9. The van der Waals surface area contributed by atoms with Gasteiger partial charge in [0.1, 0.15) is 5.76 Å². The molecule has 0 N–H and O–H groups in total. The average Bonchev–Trinajstić information content (AvgIpc) is 3.50. The largest absolute Gasteiger partial charge is 0.361 e. The number of amides is 1. The Kier molecular flexibility index (Phi) is 8.01. The van der Waals surface area contributed by atoms with Crippen LogP contribution in [0.4, 0.5) is 0 Å². The third-order valence-corrected chi connectivity index (χ3v) is 7.42. The summed E-state index contributed by atoms with van der Waals surface area (Å²) >= 11 is 0. The smallest absolute Gasteiger partial charge is 0.276 e. The SMILES string of the molecule is CCCc1cc(C(=O)N(CC2CCN(CCc3ccccc3C)CC2)C2CCCC2)no1. The Bertz CT molecular complexity index is 863. The quantitative estimate of drug-likeness (QED) is 0.536. The lowest BCUT2D eigenvalue weighted by atomic mass is 9.94. The lowest BCUT2D eigenvalue weighted by Crippen LogP contribution is -2.45. The average molecular weight is 438 g/mol. The monoisotopic (exact) mass is 437 g/mol. The van der Waals surface area contributed by atoms with Crippen molar-refractivity contribution in [3.8, 4) is 0 Å². The zero-order valence-electron chi connectivity index (χ0n) is 19.9. The van der Waals surface area contributed by atoms with Crippen molar-refractivity contribution >= 4 is 5.91 Å². The van der Waals surface area contributed by atoms with Gasteiger partial charge in [0.25, 0.3) is 5.91 Å². The van der Waals surface area contributed by atoms with Gasteiger partial charge in [-0.1, -0.05) is 49.2 Å². The maximum atomic E-state index is 13.4. The van der Waals surface area contributed by atoms with Crippen molar-refractivity contribution in [2.24, 2.45) is 5.92 Å². The highest BCUT2D eigenvalue weighted by molar-refractivity contribution is 5.92. The van der Waals surface area contributed by atoms with Crippen molar-refractivity contribution in [2.75, 3.05) is 26.2 Å². The molecule has 32 heavy (non-hydrogen) atoms.